The smallest absolute Gasteiger partial charge is 0.323 e. The Kier molecular flexibility index (Phi) is 5.79. The van der Waals surface area contributed by atoms with Crippen LogP contribution in [0.15, 0.2) is 72.8 Å². The lowest BCUT2D eigenvalue weighted by Gasteiger charge is -2.11. The van der Waals surface area contributed by atoms with Gasteiger partial charge in [0, 0.05) is 40.9 Å². The van der Waals surface area contributed by atoms with Gasteiger partial charge in [0.15, 0.2) is 0 Å². The highest BCUT2D eigenvalue weighted by atomic mass is 16.5. The maximum Gasteiger partial charge on any atom is 0.323 e. The second-order valence-electron chi connectivity index (χ2n) is 5.75. The third-order valence-electron chi connectivity index (χ3n) is 3.81. The number of anilines is 4. The average Bonchev–Trinajstić information content (AvgIpc) is 2.70. The monoisotopic (exact) mass is 363 g/mol. The number of ether oxygens (including phenoxy) is 2. The molecule has 6 nitrogen and oxygen atoms in total. The van der Waals surface area contributed by atoms with Gasteiger partial charge in [0.25, 0.3) is 0 Å². The molecule has 0 radical (unpaired) electrons. The largest absolute Gasteiger partial charge is 0.497 e. The lowest BCUT2D eigenvalue weighted by atomic mass is 10.2. The number of urea groups is 1. The number of para-hydroxylation sites is 1. The first-order valence-corrected chi connectivity index (χ1v) is 8.39. The lowest BCUT2D eigenvalue weighted by Crippen LogP contribution is -2.19. The number of hydrogen-bond donors (Lipinski definition) is 3. The predicted molar refractivity (Wildman–Crippen MR) is 108 cm³/mol. The van der Waals surface area contributed by atoms with Gasteiger partial charge < -0.3 is 25.4 Å². The van der Waals surface area contributed by atoms with Crippen LogP contribution < -0.4 is 25.4 Å². The fraction of sp³-hybridized carbons (Fsp3) is 0.0952. The topological polar surface area (TPSA) is 71.6 Å². The van der Waals surface area contributed by atoms with E-state index < -0.39 is 0 Å². The lowest BCUT2D eigenvalue weighted by molar-refractivity contribution is 0.262. The molecular weight excluding hydrogens is 342 g/mol. The Morgan fingerprint density at radius 1 is 0.667 bits per heavy atom. The molecule has 3 aromatic rings. The fourth-order valence-electron chi connectivity index (χ4n) is 2.50. The van der Waals surface area contributed by atoms with Crippen LogP contribution in [0.1, 0.15) is 0 Å². The van der Waals surface area contributed by atoms with Crippen molar-refractivity contribution in [3.8, 4) is 11.5 Å². The molecule has 3 rings (SSSR count). The molecule has 3 N–H and O–H groups in total. The van der Waals surface area contributed by atoms with Gasteiger partial charge >= 0.3 is 6.03 Å². The molecule has 0 aliphatic rings. The molecule has 3 aromatic carbocycles. The first kappa shape index (κ1) is 18.1. The molecule has 0 aromatic heterocycles. The zero-order valence-electron chi connectivity index (χ0n) is 15.2. The maximum atomic E-state index is 12.2. The van der Waals surface area contributed by atoms with Crippen LogP contribution in [0.25, 0.3) is 0 Å². The molecule has 0 atom stereocenters. The van der Waals surface area contributed by atoms with Crippen LogP contribution in [-0.4, -0.2) is 20.3 Å². The summed E-state index contributed by atoms with van der Waals surface area (Å²) in [6.45, 7) is 0. The van der Waals surface area contributed by atoms with Crippen molar-refractivity contribution in [1.82, 2.24) is 0 Å². The van der Waals surface area contributed by atoms with Crippen LogP contribution in [0, 0.1) is 0 Å². The Morgan fingerprint density at radius 3 is 1.78 bits per heavy atom. The first-order valence-electron chi connectivity index (χ1n) is 8.39. The van der Waals surface area contributed by atoms with Gasteiger partial charge in [-0.1, -0.05) is 18.2 Å². The Morgan fingerprint density at radius 2 is 1.19 bits per heavy atom. The van der Waals surface area contributed by atoms with E-state index in [0.717, 1.165) is 11.4 Å². The molecule has 0 saturated carbocycles. The molecule has 0 spiro atoms. The minimum atomic E-state index is -0.353. The van der Waals surface area contributed by atoms with Crippen LogP contribution in [0.4, 0.5) is 27.5 Å². The van der Waals surface area contributed by atoms with Gasteiger partial charge in [-0.2, -0.15) is 0 Å². The number of amides is 2. The van der Waals surface area contributed by atoms with Crippen LogP contribution in [-0.2, 0) is 0 Å². The van der Waals surface area contributed by atoms with E-state index in [-0.39, 0.29) is 6.03 Å². The van der Waals surface area contributed by atoms with Crippen LogP contribution >= 0.6 is 0 Å². The number of methoxy groups -OCH3 is 2. The highest BCUT2D eigenvalue weighted by Crippen LogP contribution is 2.26. The molecule has 0 aliphatic carbocycles. The summed E-state index contributed by atoms with van der Waals surface area (Å²) in [6, 6.07) is 22.2. The standard InChI is InChI=1S/C21H21N3O3/c1-26-19-12-18(13-20(14-19)27-2)24-21(25)23-17-10-8-16(9-11-17)22-15-6-4-3-5-7-15/h3-14,22H,1-2H3,(H2,23,24,25). The number of carbonyl (C=O) groups excluding carboxylic acids is 1. The third-order valence-corrected chi connectivity index (χ3v) is 3.81. The molecule has 138 valence electrons. The summed E-state index contributed by atoms with van der Waals surface area (Å²) in [5, 5.41) is 8.86. The zero-order chi connectivity index (χ0) is 19.1. The molecular formula is C21H21N3O3. The number of nitrogens with one attached hydrogen (secondary N) is 3. The second-order valence-corrected chi connectivity index (χ2v) is 5.75. The summed E-state index contributed by atoms with van der Waals surface area (Å²) < 4.78 is 10.4. The normalized spacial score (nSPS) is 10.0. The highest BCUT2D eigenvalue weighted by Gasteiger charge is 2.06. The minimum Gasteiger partial charge on any atom is -0.497 e. The Bertz CT molecular complexity index is 874. The average molecular weight is 363 g/mol. The number of carbonyl (C=O) groups is 1. The Hall–Kier alpha value is -3.67. The fourth-order valence-corrected chi connectivity index (χ4v) is 2.50. The maximum absolute atomic E-state index is 12.2. The number of benzene rings is 3. The van der Waals surface area contributed by atoms with Crippen molar-refractivity contribution in [2.24, 2.45) is 0 Å². The third kappa shape index (κ3) is 5.15. The molecule has 0 bridgehead atoms. The van der Waals surface area contributed by atoms with E-state index in [1.54, 1.807) is 32.4 Å². The van der Waals surface area contributed by atoms with E-state index in [9.17, 15) is 4.79 Å². The Balaban J connectivity index is 1.61. The van der Waals surface area contributed by atoms with E-state index in [4.69, 9.17) is 9.47 Å². The van der Waals surface area contributed by atoms with Gasteiger partial charge in [-0.15, -0.1) is 0 Å². The predicted octanol–water partition coefficient (Wildman–Crippen LogP) is 5.09. The second kappa shape index (κ2) is 8.62. The molecule has 0 saturated heterocycles. The van der Waals surface area contributed by atoms with E-state index >= 15 is 0 Å². The molecule has 27 heavy (non-hydrogen) atoms. The van der Waals surface area contributed by atoms with Gasteiger partial charge in [-0.25, -0.2) is 4.79 Å². The van der Waals surface area contributed by atoms with Crippen molar-refractivity contribution in [3.05, 3.63) is 72.8 Å². The minimum absolute atomic E-state index is 0.353. The molecule has 0 aliphatic heterocycles. The SMILES string of the molecule is COc1cc(NC(=O)Nc2ccc(Nc3ccccc3)cc2)cc(OC)c1. The summed E-state index contributed by atoms with van der Waals surface area (Å²) in [4.78, 5) is 12.2. The van der Waals surface area contributed by atoms with Crippen LogP contribution in [0.3, 0.4) is 0 Å². The molecule has 2 amide bonds. The molecule has 0 heterocycles. The van der Waals surface area contributed by atoms with E-state index in [1.807, 2.05) is 54.6 Å². The summed E-state index contributed by atoms with van der Waals surface area (Å²) >= 11 is 0. The van der Waals surface area contributed by atoms with Gasteiger partial charge in [0.05, 0.1) is 14.2 Å². The van der Waals surface area contributed by atoms with Gasteiger partial charge in [0.1, 0.15) is 11.5 Å². The molecule has 0 fully saturated rings. The van der Waals surface area contributed by atoms with Gasteiger partial charge in [0.2, 0.25) is 0 Å². The van der Waals surface area contributed by atoms with Crippen molar-refractivity contribution < 1.29 is 14.3 Å². The van der Waals surface area contributed by atoms with Crippen LogP contribution in [0.2, 0.25) is 0 Å². The van der Waals surface area contributed by atoms with Crippen molar-refractivity contribution in [1.29, 1.82) is 0 Å². The summed E-state index contributed by atoms with van der Waals surface area (Å²) in [6.07, 6.45) is 0. The van der Waals surface area contributed by atoms with Gasteiger partial charge in [-0.05, 0) is 36.4 Å². The number of rotatable bonds is 6. The summed E-state index contributed by atoms with van der Waals surface area (Å²) in [5.41, 5.74) is 3.19. The number of hydrogen-bond acceptors (Lipinski definition) is 4. The van der Waals surface area contributed by atoms with Gasteiger partial charge in [-0.3, -0.25) is 0 Å². The van der Waals surface area contributed by atoms with Crippen molar-refractivity contribution in [2.75, 3.05) is 30.2 Å². The van der Waals surface area contributed by atoms with E-state index in [0.29, 0.717) is 22.9 Å². The zero-order valence-corrected chi connectivity index (χ0v) is 15.2. The quantitative estimate of drug-likeness (QED) is 0.570. The summed E-state index contributed by atoms with van der Waals surface area (Å²) in [7, 11) is 3.12. The summed E-state index contributed by atoms with van der Waals surface area (Å²) in [5.74, 6) is 1.20. The first-order chi connectivity index (χ1) is 13.2. The molecule has 0 unspecified atom stereocenters. The van der Waals surface area contributed by atoms with Crippen LogP contribution in [0.5, 0.6) is 11.5 Å². The molecule has 6 heteroatoms. The van der Waals surface area contributed by atoms with Crippen molar-refractivity contribution >= 4 is 28.8 Å². The highest BCUT2D eigenvalue weighted by molar-refractivity contribution is 6.00. The van der Waals surface area contributed by atoms with Crippen molar-refractivity contribution in [2.45, 2.75) is 0 Å². The van der Waals surface area contributed by atoms with E-state index in [2.05, 4.69) is 16.0 Å². The Labute approximate surface area is 158 Å². The van der Waals surface area contributed by atoms with Crippen molar-refractivity contribution in [3.63, 3.8) is 0 Å². The van der Waals surface area contributed by atoms with E-state index in [1.165, 1.54) is 0 Å².